The number of hydrogen-bond acceptors (Lipinski definition) is 6. The molecule has 0 spiro atoms. The van der Waals surface area contributed by atoms with Crippen LogP contribution in [0.2, 0.25) is 5.02 Å². The van der Waals surface area contributed by atoms with Crippen LogP contribution in [0.5, 0.6) is 5.75 Å². The monoisotopic (exact) mass is 545 g/mol. The number of amides is 1. The Hall–Kier alpha value is -1.88. The molecule has 1 amide bonds. The third-order valence-corrected chi connectivity index (χ3v) is 8.79. The van der Waals surface area contributed by atoms with Crippen LogP contribution in [0.1, 0.15) is 75.9 Å². The maximum absolute atomic E-state index is 13.2. The van der Waals surface area contributed by atoms with Crippen LogP contribution in [0, 0.1) is 5.41 Å². The van der Waals surface area contributed by atoms with E-state index in [1.165, 1.54) is 0 Å². The van der Waals surface area contributed by atoms with Gasteiger partial charge in [0.15, 0.2) is 11.9 Å². The van der Waals surface area contributed by atoms with E-state index in [-0.39, 0.29) is 48.5 Å². The molecule has 2 bridgehead atoms. The van der Waals surface area contributed by atoms with Crippen molar-refractivity contribution >= 4 is 23.3 Å². The average Bonchev–Trinajstić information content (AvgIpc) is 2.81. The van der Waals surface area contributed by atoms with E-state index in [9.17, 15) is 27.9 Å². The van der Waals surface area contributed by atoms with Gasteiger partial charge in [0.05, 0.1) is 18.3 Å². The summed E-state index contributed by atoms with van der Waals surface area (Å²) in [6.07, 6.45) is -1.96. The number of aliphatic hydroxyl groups excluding tert-OH is 1. The summed E-state index contributed by atoms with van der Waals surface area (Å²) in [6, 6.07) is 5.01. The van der Waals surface area contributed by atoms with E-state index in [1.54, 1.807) is 18.2 Å². The Bertz CT molecular complexity index is 1020. The Morgan fingerprint density at radius 1 is 1.08 bits per heavy atom. The molecular formula is C26H31ClF3NO6. The number of benzene rings is 1. The number of hydrogen-bond donors (Lipinski definition) is 2. The molecule has 0 unspecified atom stereocenters. The molecule has 204 valence electrons. The molecule has 1 aromatic carbocycles. The van der Waals surface area contributed by atoms with Crippen LogP contribution in [0.4, 0.5) is 13.2 Å². The molecule has 4 aliphatic carbocycles. The number of carbonyl (C=O) groups excluding carboxylic acids is 2. The smallest absolute Gasteiger partial charge is 0.482 e. The first kappa shape index (κ1) is 26.7. The SMILES string of the molecule is O=C(COC1CC(OC(F)(F)F)C1)NC12CCC(CC(=O)[C@@H]3C[C@@H](O)c4cc(Cl)ccc4O3)(CC1)CC2. The van der Waals surface area contributed by atoms with Crippen molar-refractivity contribution in [3.63, 3.8) is 0 Å². The molecule has 5 aliphatic rings. The fraction of sp³-hybridized carbons (Fsp3) is 0.692. The number of ketones is 1. The van der Waals surface area contributed by atoms with Gasteiger partial charge in [0, 0.05) is 41.8 Å². The first-order valence-corrected chi connectivity index (χ1v) is 13.2. The van der Waals surface area contributed by atoms with E-state index in [2.05, 4.69) is 10.1 Å². The van der Waals surface area contributed by atoms with E-state index in [0.717, 1.165) is 38.5 Å². The van der Waals surface area contributed by atoms with Gasteiger partial charge in [-0.25, -0.2) is 0 Å². The van der Waals surface area contributed by atoms with Crippen molar-refractivity contribution in [1.29, 1.82) is 0 Å². The highest BCUT2D eigenvalue weighted by Crippen LogP contribution is 2.54. The van der Waals surface area contributed by atoms with Gasteiger partial charge >= 0.3 is 6.36 Å². The number of halogens is 4. The average molecular weight is 546 g/mol. The second kappa shape index (κ2) is 10.0. The quantitative estimate of drug-likeness (QED) is 0.488. The second-order valence-electron chi connectivity index (χ2n) is 11.1. The predicted octanol–water partition coefficient (Wildman–Crippen LogP) is 4.78. The summed E-state index contributed by atoms with van der Waals surface area (Å²) in [4.78, 5) is 25.7. The molecule has 7 nitrogen and oxygen atoms in total. The van der Waals surface area contributed by atoms with Gasteiger partial charge in [0.25, 0.3) is 0 Å². The first-order chi connectivity index (χ1) is 17.4. The Kier molecular flexibility index (Phi) is 7.23. The van der Waals surface area contributed by atoms with Crippen LogP contribution < -0.4 is 10.1 Å². The molecule has 2 atom stereocenters. The van der Waals surface area contributed by atoms with Crippen molar-refractivity contribution in [1.82, 2.24) is 5.32 Å². The van der Waals surface area contributed by atoms with Crippen LogP contribution in [0.15, 0.2) is 18.2 Å². The van der Waals surface area contributed by atoms with Gasteiger partial charge in [-0.1, -0.05) is 11.6 Å². The number of carbonyl (C=O) groups is 2. The summed E-state index contributed by atoms with van der Waals surface area (Å²) in [5, 5.41) is 14.1. The highest BCUT2D eigenvalue weighted by molar-refractivity contribution is 6.30. The number of fused-ring (bicyclic) bond motifs is 4. The highest BCUT2D eigenvalue weighted by Gasteiger charge is 2.51. The van der Waals surface area contributed by atoms with Crippen molar-refractivity contribution in [3.05, 3.63) is 28.8 Å². The topological polar surface area (TPSA) is 94.1 Å². The van der Waals surface area contributed by atoms with Gasteiger partial charge in [0.2, 0.25) is 5.91 Å². The Morgan fingerprint density at radius 3 is 2.41 bits per heavy atom. The zero-order valence-corrected chi connectivity index (χ0v) is 21.1. The van der Waals surface area contributed by atoms with E-state index >= 15 is 0 Å². The van der Waals surface area contributed by atoms with Crippen LogP contribution in [-0.4, -0.2) is 53.6 Å². The van der Waals surface area contributed by atoms with Crippen molar-refractivity contribution in [2.24, 2.45) is 5.41 Å². The molecule has 6 rings (SSSR count). The Morgan fingerprint density at radius 2 is 1.76 bits per heavy atom. The zero-order chi connectivity index (χ0) is 26.4. The van der Waals surface area contributed by atoms with Crippen LogP contribution in [0.3, 0.4) is 0 Å². The predicted molar refractivity (Wildman–Crippen MR) is 126 cm³/mol. The molecule has 37 heavy (non-hydrogen) atoms. The van der Waals surface area contributed by atoms with Crippen LogP contribution >= 0.6 is 11.6 Å². The molecule has 0 aromatic heterocycles. The fourth-order valence-corrected chi connectivity index (χ4v) is 6.46. The molecule has 1 aromatic rings. The number of alkyl halides is 3. The minimum absolute atomic E-state index is 0.0141. The molecule has 11 heteroatoms. The molecule has 1 heterocycles. The molecule has 1 aliphatic heterocycles. The minimum Gasteiger partial charge on any atom is -0.482 e. The van der Waals surface area contributed by atoms with Gasteiger partial charge < -0.3 is 19.9 Å². The lowest BCUT2D eigenvalue weighted by molar-refractivity contribution is -0.357. The largest absolute Gasteiger partial charge is 0.522 e. The lowest BCUT2D eigenvalue weighted by Gasteiger charge is -2.54. The van der Waals surface area contributed by atoms with Crippen molar-refractivity contribution in [3.8, 4) is 5.75 Å². The number of aliphatic hydroxyl groups is 1. The molecule has 0 saturated heterocycles. The summed E-state index contributed by atoms with van der Waals surface area (Å²) >= 11 is 6.01. The van der Waals surface area contributed by atoms with Gasteiger partial charge in [-0.2, -0.15) is 0 Å². The molecule has 4 fully saturated rings. The van der Waals surface area contributed by atoms with Gasteiger partial charge in [-0.05, 0) is 62.1 Å². The fourth-order valence-electron chi connectivity index (χ4n) is 6.28. The number of Topliss-reactive ketones (excluding diaryl/α,β-unsaturated/α-hetero) is 1. The Labute approximate surface area is 218 Å². The summed E-state index contributed by atoms with van der Waals surface area (Å²) in [7, 11) is 0. The maximum Gasteiger partial charge on any atom is 0.522 e. The lowest BCUT2D eigenvalue weighted by atomic mass is 9.55. The third kappa shape index (κ3) is 6.08. The molecule has 4 saturated carbocycles. The normalized spacial score (nSPS) is 34.7. The molecular weight excluding hydrogens is 515 g/mol. The van der Waals surface area contributed by atoms with Gasteiger partial charge in [0.1, 0.15) is 12.4 Å². The summed E-state index contributed by atoms with van der Waals surface area (Å²) in [6.45, 7) is -0.192. The highest BCUT2D eigenvalue weighted by atomic mass is 35.5. The number of rotatable bonds is 8. The molecule has 0 radical (unpaired) electrons. The van der Waals surface area contributed by atoms with E-state index in [1.807, 2.05) is 0 Å². The van der Waals surface area contributed by atoms with Crippen LogP contribution in [0.25, 0.3) is 0 Å². The first-order valence-electron chi connectivity index (χ1n) is 12.8. The van der Waals surface area contributed by atoms with E-state index < -0.39 is 30.8 Å². The second-order valence-corrected chi connectivity index (χ2v) is 11.5. The summed E-state index contributed by atoms with van der Waals surface area (Å²) in [5.74, 6) is 0.203. The summed E-state index contributed by atoms with van der Waals surface area (Å²) < 4.78 is 52.0. The van der Waals surface area contributed by atoms with Gasteiger partial charge in [-0.15, -0.1) is 13.2 Å². The Balaban J connectivity index is 1.07. The van der Waals surface area contributed by atoms with Crippen molar-refractivity contribution in [2.45, 2.75) is 101 Å². The summed E-state index contributed by atoms with van der Waals surface area (Å²) in [5.41, 5.74) is 0.137. The van der Waals surface area contributed by atoms with Crippen molar-refractivity contribution < 1.29 is 42.1 Å². The lowest BCUT2D eigenvalue weighted by Crippen LogP contribution is -2.58. The zero-order valence-electron chi connectivity index (χ0n) is 20.3. The van der Waals surface area contributed by atoms with Crippen molar-refractivity contribution in [2.75, 3.05) is 6.61 Å². The standard InChI is InChI=1S/C26H31ClF3NO6/c27-15-1-2-21-18(9-15)19(32)12-22(36-21)20(33)13-24-3-6-25(7-4-24,8-5-24)31-23(34)14-35-16-10-17(11-16)37-26(28,29)30/h1-2,9,16-17,19,22,32H,3-8,10-14H2,(H,31,34)/t16?,17?,19-,22+,24?,25?/m1/s1. The van der Waals surface area contributed by atoms with E-state index in [0.29, 0.717) is 22.8 Å². The maximum atomic E-state index is 13.2. The number of ether oxygens (including phenoxy) is 3. The van der Waals surface area contributed by atoms with Gasteiger partial charge in [-0.3, -0.25) is 14.3 Å². The third-order valence-electron chi connectivity index (χ3n) is 8.55. The van der Waals surface area contributed by atoms with Crippen LogP contribution in [-0.2, 0) is 19.1 Å². The number of nitrogens with one attached hydrogen (secondary N) is 1. The molecule has 2 N–H and O–H groups in total. The van der Waals surface area contributed by atoms with E-state index in [4.69, 9.17) is 21.1 Å². The minimum atomic E-state index is -4.65.